The minimum atomic E-state index is 0. The van der Waals surface area contributed by atoms with Gasteiger partial charge in [0.15, 0.2) is 5.96 Å². The fourth-order valence-electron chi connectivity index (χ4n) is 4.35. The summed E-state index contributed by atoms with van der Waals surface area (Å²) in [5.74, 6) is 1.36. The largest absolute Gasteiger partial charge is 0.506 e. The molecule has 1 unspecified atom stereocenters. The zero-order valence-corrected chi connectivity index (χ0v) is 18.4. The van der Waals surface area contributed by atoms with Crippen LogP contribution in [0.4, 0.5) is 5.69 Å². The predicted molar refractivity (Wildman–Crippen MR) is 120 cm³/mol. The lowest BCUT2D eigenvalue weighted by Crippen LogP contribution is -2.64. The molecule has 5 rings (SSSR count). The van der Waals surface area contributed by atoms with E-state index in [-0.39, 0.29) is 24.0 Å². The molecule has 4 heterocycles. The lowest BCUT2D eigenvalue weighted by atomic mass is 10.1. The van der Waals surface area contributed by atoms with Gasteiger partial charge < -0.3 is 20.2 Å². The average Bonchev–Trinajstić information content (AvgIpc) is 2.70. The third kappa shape index (κ3) is 4.60. The minimum Gasteiger partial charge on any atom is -0.506 e. The van der Waals surface area contributed by atoms with Crippen LogP contribution in [0, 0.1) is 0 Å². The number of benzene rings is 1. The van der Waals surface area contributed by atoms with E-state index in [9.17, 15) is 5.11 Å². The summed E-state index contributed by atoms with van der Waals surface area (Å²) in [6, 6.07) is 8.18. The first-order chi connectivity index (χ1) is 12.7. The number of phenols is 1. The topological polar surface area (TPSA) is 57.6 Å². The van der Waals surface area contributed by atoms with Gasteiger partial charge in [0.2, 0.25) is 0 Å². The van der Waals surface area contributed by atoms with Gasteiger partial charge in [-0.1, -0.05) is 12.1 Å². The standard InChI is InChI=1S/C19H30N6O.HI/c1-20-19(21-14-16-15-22-6-8-23(16)9-7-22)25-12-10-24(11-13-25)17-4-2-3-5-18(17)26;/h2-5,16,26H,6-15H2,1H3,(H,20,21);1H. The number of para-hydroxylation sites is 2. The maximum absolute atomic E-state index is 10.1. The van der Waals surface area contributed by atoms with E-state index in [1.54, 1.807) is 6.07 Å². The second-order valence-corrected chi connectivity index (χ2v) is 7.38. The second-order valence-electron chi connectivity index (χ2n) is 7.38. The molecular weight excluding hydrogens is 455 g/mol. The van der Waals surface area contributed by atoms with Crippen LogP contribution in [-0.2, 0) is 0 Å². The number of hydrogen-bond acceptors (Lipinski definition) is 5. The van der Waals surface area contributed by atoms with Crippen LogP contribution in [0.2, 0.25) is 0 Å². The average molecular weight is 486 g/mol. The highest BCUT2D eigenvalue weighted by Crippen LogP contribution is 2.27. The van der Waals surface area contributed by atoms with Gasteiger partial charge >= 0.3 is 0 Å². The van der Waals surface area contributed by atoms with Crippen molar-refractivity contribution in [3.8, 4) is 5.75 Å². The van der Waals surface area contributed by atoms with Crippen LogP contribution in [0.3, 0.4) is 0 Å². The number of hydrogen-bond donors (Lipinski definition) is 2. The van der Waals surface area contributed by atoms with E-state index in [0.29, 0.717) is 11.8 Å². The van der Waals surface area contributed by atoms with Crippen LogP contribution in [-0.4, -0.2) is 104 Å². The molecule has 1 aromatic carbocycles. The predicted octanol–water partition coefficient (Wildman–Crippen LogP) is 0.707. The molecule has 1 aromatic rings. The number of aromatic hydroxyl groups is 1. The molecule has 150 valence electrons. The Kier molecular flexibility index (Phi) is 7.04. The molecule has 0 aliphatic carbocycles. The van der Waals surface area contributed by atoms with Crippen molar-refractivity contribution in [3.63, 3.8) is 0 Å². The molecule has 4 aliphatic heterocycles. The van der Waals surface area contributed by atoms with Crippen molar-refractivity contribution in [1.82, 2.24) is 20.0 Å². The molecule has 0 spiro atoms. The molecule has 4 fully saturated rings. The van der Waals surface area contributed by atoms with Crippen molar-refractivity contribution in [3.05, 3.63) is 24.3 Å². The first kappa shape index (κ1) is 20.5. The van der Waals surface area contributed by atoms with Crippen LogP contribution in [0.1, 0.15) is 0 Å². The third-order valence-corrected chi connectivity index (χ3v) is 5.90. The summed E-state index contributed by atoms with van der Waals surface area (Å²) in [6.07, 6.45) is 0. The van der Waals surface area contributed by atoms with Gasteiger partial charge in [0.1, 0.15) is 5.75 Å². The Morgan fingerprint density at radius 1 is 1.07 bits per heavy atom. The van der Waals surface area contributed by atoms with Gasteiger partial charge in [-0.05, 0) is 12.1 Å². The number of halogens is 1. The summed E-state index contributed by atoms with van der Waals surface area (Å²) in [6.45, 7) is 10.6. The van der Waals surface area contributed by atoms with Gasteiger partial charge in [-0.25, -0.2) is 0 Å². The number of phenolic OH excluding ortho intramolecular Hbond substituents is 1. The number of guanidine groups is 1. The molecule has 7 nitrogen and oxygen atoms in total. The number of anilines is 1. The van der Waals surface area contributed by atoms with Gasteiger partial charge in [0.25, 0.3) is 0 Å². The lowest BCUT2D eigenvalue weighted by molar-refractivity contribution is 0.0152. The monoisotopic (exact) mass is 486 g/mol. The Morgan fingerprint density at radius 3 is 2.37 bits per heavy atom. The Hall–Kier alpha value is -1.26. The van der Waals surface area contributed by atoms with Crippen molar-refractivity contribution >= 4 is 35.6 Å². The summed E-state index contributed by atoms with van der Waals surface area (Å²) in [5.41, 5.74) is 0.926. The van der Waals surface area contributed by atoms with Crippen LogP contribution in [0.25, 0.3) is 0 Å². The highest BCUT2D eigenvalue weighted by Gasteiger charge is 2.32. The highest BCUT2D eigenvalue weighted by atomic mass is 127. The summed E-state index contributed by atoms with van der Waals surface area (Å²) in [4.78, 5) is 14.3. The van der Waals surface area contributed by atoms with Gasteiger partial charge in [0, 0.05) is 78.5 Å². The van der Waals surface area contributed by atoms with E-state index in [0.717, 1.165) is 44.4 Å². The quantitative estimate of drug-likeness (QED) is 0.373. The van der Waals surface area contributed by atoms with Gasteiger partial charge in [-0.3, -0.25) is 14.8 Å². The van der Waals surface area contributed by atoms with E-state index < -0.39 is 0 Å². The number of piperazine rings is 4. The maximum Gasteiger partial charge on any atom is 0.193 e. The Labute approximate surface area is 179 Å². The van der Waals surface area contributed by atoms with Gasteiger partial charge in [0.05, 0.1) is 5.69 Å². The summed E-state index contributed by atoms with van der Waals surface area (Å²) >= 11 is 0. The smallest absolute Gasteiger partial charge is 0.193 e. The van der Waals surface area contributed by atoms with Crippen LogP contribution >= 0.6 is 24.0 Å². The summed E-state index contributed by atoms with van der Waals surface area (Å²) in [5, 5.41) is 13.7. The fourth-order valence-corrected chi connectivity index (χ4v) is 4.35. The van der Waals surface area contributed by atoms with E-state index in [1.807, 2.05) is 25.2 Å². The van der Waals surface area contributed by atoms with Crippen molar-refractivity contribution in [2.75, 3.05) is 77.4 Å². The molecule has 4 saturated heterocycles. The van der Waals surface area contributed by atoms with Crippen LogP contribution in [0.15, 0.2) is 29.3 Å². The molecule has 0 radical (unpaired) electrons. The van der Waals surface area contributed by atoms with E-state index in [2.05, 4.69) is 29.9 Å². The first-order valence-corrected chi connectivity index (χ1v) is 9.69. The van der Waals surface area contributed by atoms with Crippen molar-refractivity contribution < 1.29 is 5.11 Å². The molecule has 2 N–H and O–H groups in total. The van der Waals surface area contributed by atoms with Crippen molar-refractivity contribution in [1.29, 1.82) is 0 Å². The van der Waals surface area contributed by atoms with Crippen molar-refractivity contribution in [2.45, 2.75) is 6.04 Å². The molecule has 0 amide bonds. The molecule has 2 bridgehead atoms. The molecule has 27 heavy (non-hydrogen) atoms. The lowest BCUT2D eigenvalue weighted by Gasteiger charge is -2.48. The number of nitrogens with zero attached hydrogens (tertiary/aromatic N) is 5. The van der Waals surface area contributed by atoms with Crippen molar-refractivity contribution in [2.24, 2.45) is 4.99 Å². The summed E-state index contributed by atoms with van der Waals surface area (Å²) in [7, 11) is 1.87. The normalized spacial score (nSPS) is 28.0. The maximum atomic E-state index is 10.1. The van der Waals surface area contributed by atoms with Crippen LogP contribution in [0.5, 0.6) is 5.75 Å². The number of fused-ring (bicyclic) bond motifs is 3. The Morgan fingerprint density at radius 2 is 1.78 bits per heavy atom. The highest BCUT2D eigenvalue weighted by molar-refractivity contribution is 14.0. The molecular formula is C19H31IN6O. The molecule has 0 saturated carbocycles. The summed E-state index contributed by atoms with van der Waals surface area (Å²) < 4.78 is 0. The SMILES string of the molecule is CN=C(NCC1CN2CCN1CC2)N1CCN(c2ccccc2O)CC1.I. The molecule has 0 aromatic heterocycles. The minimum absolute atomic E-state index is 0. The molecule has 8 heteroatoms. The van der Waals surface area contributed by atoms with Crippen LogP contribution < -0.4 is 10.2 Å². The second kappa shape index (κ2) is 9.29. The van der Waals surface area contributed by atoms with E-state index in [4.69, 9.17) is 0 Å². The zero-order chi connectivity index (χ0) is 17.9. The Bertz CT molecular complexity index is 641. The number of nitrogens with one attached hydrogen (secondary N) is 1. The van der Waals surface area contributed by atoms with E-state index >= 15 is 0 Å². The third-order valence-electron chi connectivity index (χ3n) is 5.90. The Balaban J connectivity index is 0.00000210. The van der Waals surface area contributed by atoms with E-state index in [1.165, 1.54) is 32.7 Å². The molecule has 4 aliphatic rings. The number of aliphatic imine (C=N–C) groups is 1. The zero-order valence-electron chi connectivity index (χ0n) is 16.0. The number of rotatable bonds is 3. The fraction of sp³-hybridized carbons (Fsp3) is 0.632. The molecule has 1 atom stereocenters. The van der Waals surface area contributed by atoms with Gasteiger partial charge in [-0.15, -0.1) is 24.0 Å². The first-order valence-electron chi connectivity index (χ1n) is 9.69. The van der Waals surface area contributed by atoms with Gasteiger partial charge in [-0.2, -0.15) is 0 Å².